The molecular weight excluding hydrogens is 170 g/mol. The zero-order chi connectivity index (χ0) is 7.61. The molecule has 0 spiro atoms. The molecule has 0 aromatic carbocycles. The van der Waals surface area contributed by atoms with E-state index in [0.29, 0.717) is 5.75 Å². The summed E-state index contributed by atoms with van der Waals surface area (Å²) in [4.78, 5) is 10.7. The van der Waals surface area contributed by atoms with E-state index in [-0.39, 0.29) is 9.19 Å². The van der Waals surface area contributed by atoms with Crippen molar-refractivity contribution >= 4 is 34.2 Å². The molecule has 0 aromatic rings. The van der Waals surface area contributed by atoms with E-state index < -0.39 is 0 Å². The van der Waals surface area contributed by atoms with Gasteiger partial charge in [0.15, 0.2) is 0 Å². The molecule has 1 aliphatic heterocycles. The second-order valence-corrected chi connectivity index (χ2v) is 4.91. The van der Waals surface area contributed by atoms with E-state index in [4.69, 9.17) is 5.21 Å². The average molecular weight is 177 g/mol. The zero-order valence-electron chi connectivity index (χ0n) is 5.40. The maximum Gasteiger partial charge on any atom is 0.247 e. The molecule has 0 bridgehead atoms. The first-order valence-electron chi connectivity index (χ1n) is 2.71. The van der Waals surface area contributed by atoms with Crippen LogP contribution in [0.4, 0.5) is 4.79 Å². The van der Waals surface area contributed by atoms with Gasteiger partial charge in [-0.2, -0.15) is 0 Å². The normalized spacial score (nSPS) is 33.9. The highest BCUT2D eigenvalue weighted by Crippen LogP contribution is 2.40. The van der Waals surface area contributed by atoms with Crippen LogP contribution < -0.4 is 0 Å². The highest BCUT2D eigenvalue weighted by molar-refractivity contribution is 8.42. The molecule has 1 heterocycles. The lowest BCUT2D eigenvalue weighted by molar-refractivity contribution is 0.277. The van der Waals surface area contributed by atoms with Crippen LogP contribution in [0.5, 0.6) is 0 Å². The first kappa shape index (κ1) is 7.94. The van der Waals surface area contributed by atoms with Crippen LogP contribution in [0.3, 0.4) is 0 Å². The highest BCUT2D eigenvalue weighted by Gasteiger charge is 2.34. The van der Waals surface area contributed by atoms with Gasteiger partial charge in [-0.05, 0) is 6.92 Å². The third-order valence-corrected chi connectivity index (χ3v) is 3.77. The standard InChI is InChI=1S/C5H7NO2S2/c1-5(2-6-8)3-9-4(7)10-5/h2,8H,3H2,1H3/t5-/m0/s1. The van der Waals surface area contributed by atoms with E-state index in [0.717, 1.165) is 0 Å². The lowest BCUT2D eigenvalue weighted by Crippen LogP contribution is -2.21. The van der Waals surface area contributed by atoms with Crippen LogP contribution in [0.25, 0.3) is 0 Å². The average Bonchev–Trinajstić information content (AvgIpc) is 2.12. The van der Waals surface area contributed by atoms with Gasteiger partial charge >= 0.3 is 0 Å². The van der Waals surface area contributed by atoms with Crippen molar-refractivity contribution in [2.75, 3.05) is 5.75 Å². The van der Waals surface area contributed by atoms with E-state index in [1.54, 1.807) is 0 Å². The summed E-state index contributed by atoms with van der Waals surface area (Å²) in [5, 5.41) is 11.1. The molecule has 10 heavy (non-hydrogen) atoms. The minimum atomic E-state index is -0.295. The first-order chi connectivity index (χ1) is 4.66. The molecule has 0 unspecified atom stereocenters. The van der Waals surface area contributed by atoms with E-state index in [1.807, 2.05) is 6.92 Å². The Morgan fingerprint density at radius 3 is 3.00 bits per heavy atom. The largest absolute Gasteiger partial charge is 0.411 e. The Morgan fingerprint density at radius 2 is 2.60 bits per heavy atom. The molecule has 1 fully saturated rings. The Balaban J connectivity index is 2.63. The van der Waals surface area contributed by atoms with Crippen molar-refractivity contribution < 1.29 is 10.0 Å². The summed E-state index contributed by atoms with van der Waals surface area (Å²) in [7, 11) is 0. The van der Waals surface area contributed by atoms with Gasteiger partial charge < -0.3 is 5.21 Å². The molecule has 0 amide bonds. The van der Waals surface area contributed by atoms with E-state index in [2.05, 4.69) is 5.16 Å². The van der Waals surface area contributed by atoms with Crippen LogP contribution >= 0.6 is 23.5 Å². The molecule has 0 saturated carbocycles. The molecule has 1 saturated heterocycles. The topological polar surface area (TPSA) is 49.7 Å². The minimum absolute atomic E-state index is 0.0994. The Bertz CT molecular complexity index is 182. The fraction of sp³-hybridized carbons (Fsp3) is 0.600. The Labute approximate surface area is 67.2 Å². The molecule has 0 radical (unpaired) electrons. The van der Waals surface area contributed by atoms with Crippen LogP contribution in [0.15, 0.2) is 5.16 Å². The number of hydrogen-bond donors (Lipinski definition) is 1. The third kappa shape index (κ3) is 1.67. The number of oxime groups is 1. The van der Waals surface area contributed by atoms with Crippen molar-refractivity contribution in [3.8, 4) is 0 Å². The molecule has 56 valence electrons. The molecule has 1 aliphatic rings. The highest BCUT2D eigenvalue weighted by atomic mass is 32.2. The van der Waals surface area contributed by atoms with E-state index in [1.165, 1.54) is 29.7 Å². The molecule has 1 N–H and O–H groups in total. The Hall–Kier alpha value is -0.160. The molecule has 3 nitrogen and oxygen atoms in total. The van der Waals surface area contributed by atoms with Gasteiger partial charge in [-0.15, -0.1) is 5.16 Å². The summed E-state index contributed by atoms with van der Waals surface area (Å²) in [5.74, 6) is 0.695. The van der Waals surface area contributed by atoms with Crippen LogP contribution in [0.2, 0.25) is 0 Å². The summed E-state index contributed by atoms with van der Waals surface area (Å²) >= 11 is 2.47. The molecular formula is C5H7NO2S2. The summed E-state index contributed by atoms with van der Waals surface area (Å²) in [5.41, 5.74) is 0. The van der Waals surface area contributed by atoms with Gasteiger partial charge in [-0.25, -0.2) is 0 Å². The van der Waals surface area contributed by atoms with Gasteiger partial charge in [0, 0.05) is 5.75 Å². The second kappa shape index (κ2) is 2.84. The maximum atomic E-state index is 10.7. The maximum absolute atomic E-state index is 10.7. The lowest BCUT2D eigenvalue weighted by atomic mass is 10.2. The van der Waals surface area contributed by atoms with Crippen LogP contribution in [-0.4, -0.2) is 26.4 Å². The van der Waals surface area contributed by atoms with Gasteiger partial charge in [0.2, 0.25) is 4.45 Å². The van der Waals surface area contributed by atoms with E-state index in [9.17, 15) is 4.79 Å². The molecule has 0 aliphatic carbocycles. The number of nitrogens with zero attached hydrogens (tertiary/aromatic N) is 1. The van der Waals surface area contributed by atoms with Crippen molar-refractivity contribution in [2.45, 2.75) is 11.7 Å². The van der Waals surface area contributed by atoms with Crippen molar-refractivity contribution in [3.05, 3.63) is 0 Å². The van der Waals surface area contributed by atoms with Gasteiger partial charge in [0.1, 0.15) is 0 Å². The van der Waals surface area contributed by atoms with Crippen molar-refractivity contribution in [1.82, 2.24) is 0 Å². The number of thioether (sulfide) groups is 2. The zero-order valence-corrected chi connectivity index (χ0v) is 7.04. The van der Waals surface area contributed by atoms with Crippen molar-refractivity contribution in [2.24, 2.45) is 5.16 Å². The summed E-state index contributed by atoms with van der Waals surface area (Å²) in [6.07, 6.45) is 1.40. The Morgan fingerprint density at radius 1 is 1.90 bits per heavy atom. The second-order valence-electron chi connectivity index (χ2n) is 2.20. The first-order valence-corrected chi connectivity index (χ1v) is 4.51. The minimum Gasteiger partial charge on any atom is -0.411 e. The third-order valence-electron chi connectivity index (χ3n) is 1.12. The van der Waals surface area contributed by atoms with Gasteiger partial charge in [0.05, 0.1) is 11.0 Å². The number of rotatable bonds is 1. The predicted octanol–water partition coefficient (Wildman–Crippen LogP) is 1.81. The quantitative estimate of drug-likeness (QED) is 0.377. The smallest absolute Gasteiger partial charge is 0.247 e. The SMILES string of the molecule is C[C@]1(C=NO)CSC(=O)S1. The summed E-state index contributed by atoms with van der Waals surface area (Å²) in [6, 6.07) is 0. The summed E-state index contributed by atoms with van der Waals surface area (Å²) in [6.45, 7) is 1.87. The fourth-order valence-electron chi connectivity index (χ4n) is 0.637. The molecule has 0 aromatic heterocycles. The monoisotopic (exact) mass is 177 g/mol. The van der Waals surface area contributed by atoms with Crippen LogP contribution in [0.1, 0.15) is 6.92 Å². The van der Waals surface area contributed by atoms with E-state index >= 15 is 0 Å². The molecule has 1 atom stereocenters. The Kier molecular flexibility index (Phi) is 2.25. The van der Waals surface area contributed by atoms with Gasteiger partial charge in [-0.3, -0.25) is 4.79 Å². The molecule has 1 rings (SSSR count). The summed E-state index contributed by atoms with van der Waals surface area (Å²) < 4.78 is -0.196. The van der Waals surface area contributed by atoms with Gasteiger partial charge in [0.25, 0.3) is 0 Å². The number of carbonyl (C=O) groups is 1. The van der Waals surface area contributed by atoms with Crippen molar-refractivity contribution in [3.63, 3.8) is 0 Å². The predicted molar refractivity (Wildman–Crippen MR) is 44.1 cm³/mol. The number of hydrogen-bond acceptors (Lipinski definition) is 5. The number of carbonyl (C=O) groups excluding carboxylic acids is 1. The van der Waals surface area contributed by atoms with Crippen LogP contribution in [-0.2, 0) is 0 Å². The fourth-order valence-corrected chi connectivity index (χ4v) is 2.99. The van der Waals surface area contributed by atoms with Crippen molar-refractivity contribution in [1.29, 1.82) is 0 Å². The van der Waals surface area contributed by atoms with Gasteiger partial charge in [-0.1, -0.05) is 23.5 Å². The van der Waals surface area contributed by atoms with Crippen LogP contribution in [0, 0.1) is 0 Å². The lowest BCUT2D eigenvalue weighted by Gasteiger charge is -2.10. The molecule has 5 heteroatoms.